The number of nitrogens with zero attached hydrogens (tertiary/aromatic N) is 2. The van der Waals surface area contributed by atoms with Crippen molar-refractivity contribution in [2.45, 2.75) is 52.0 Å². The van der Waals surface area contributed by atoms with Gasteiger partial charge in [0, 0.05) is 44.6 Å². The van der Waals surface area contributed by atoms with Gasteiger partial charge in [-0.3, -0.25) is 9.69 Å². The van der Waals surface area contributed by atoms with Crippen LogP contribution in [0.1, 0.15) is 56.7 Å². The Hall–Kier alpha value is -2.40. The van der Waals surface area contributed by atoms with Crippen LogP contribution in [-0.2, 0) is 11.2 Å². The lowest BCUT2D eigenvalue weighted by atomic mass is 9.93. The molecule has 0 spiro atoms. The van der Waals surface area contributed by atoms with Gasteiger partial charge in [-0.05, 0) is 67.0 Å². The van der Waals surface area contributed by atoms with Crippen molar-refractivity contribution in [1.29, 1.82) is 0 Å². The molecule has 0 radical (unpaired) electrons. The van der Waals surface area contributed by atoms with Gasteiger partial charge < -0.3 is 9.64 Å². The molecule has 2 aromatic carbocycles. The molecule has 4 nitrogen and oxygen atoms in total. The number of hydrogen-bond donors (Lipinski definition) is 0. The number of methoxy groups -OCH3 is 1. The monoisotopic (exact) mass is 452 g/mol. The third-order valence-electron chi connectivity index (χ3n) is 7.41. The summed E-state index contributed by atoms with van der Waals surface area (Å²) >= 11 is 0. The summed E-state index contributed by atoms with van der Waals surface area (Å²) in [5, 5.41) is 0. The van der Waals surface area contributed by atoms with E-state index in [4.69, 9.17) is 4.74 Å². The number of piperazine rings is 1. The molecule has 0 bridgehead atoms. The molecule has 2 fully saturated rings. The van der Waals surface area contributed by atoms with Gasteiger partial charge in [0.2, 0.25) is 0 Å². The van der Waals surface area contributed by atoms with Gasteiger partial charge in [0.05, 0.1) is 12.8 Å². The van der Waals surface area contributed by atoms with E-state index >= 15 is 4.39 Å². The zero-order valence-corrected chi connectivity index (χ0v) is 20.2. The molecule has 0 aromatic heterocycles. The first-order valence-corrected chi connectivity index (χ1v) is 12.5. The van der Waals surface area contributed by atoms with E-state index in [0.717, 1.165) is 50.3 Å². The number of rotatable bonds is 10. The summed E-state index contributed by atoms with van der Waals surface area (Å²) in [6.45, 7) is 7.53. The average Bonchev–Trinajstić information content (AvgIpc) is 3.66. The third kappa shape index (κ3) is 5.57. The number of hydrogen-bond acceptors (Lipinski definition) is 4. The highest BCUT2D eigenvalue weighted by molar-refractivity contribution is 5.83. The summed E-state index contributed by atoms with van der Waals surface area (Å²) < 4.78 is 20.3. The van der Waals surface area contributed by atoms with Crippen LogP contribution >= 0.6 is 0 Å². The first-order valence-electron chi connectivity index (χ1n) is 12.5. The molecule has 1 atom stereocenters. The predicted octanol–water partition coefficient (Wildman–Crippen LogP) is 5.66. The van der Waals surface area contributed by atoms with Crippen LogP contribution in [-0.4, -0.2) is 44.0 Å². The van der Waals surface area contributed by atoms with Gasteiger partial charge in [0.25, 0.3) is 0 Å². The molecule has 1 aliphatic heterocycles. The van der Waals surface area contributed by atoms with Crippen LogP contribution in [0.25, 0.3) is 0 Å². The van der Waals surface area contributed by atoms with Crippen molar-refractivity contribution < 1.29 is 13.9 Å². The number of halogens is 1. The molecule has 1 saturated carbocycles. The molecule has 33 heavy (non-hydrogen) atoms. The van der Waals surface area contributed by atoms with E-state index in [-0.39, 0.29) is 17.5 Å². The average molecular weight is 453 g/mol. The Bertz CT molecular complexity index is 929. The Kier molecular flexibility index (Phi) is 7.69. The number of ketones is 1. The standard InChI is InChI=1S/C28H37FN2O2/c1-4-21(5-2)27(32)19-20-6-13-26(25(29)18-20)30-14-16-31(17-15-30)28(22-7-8-22)23-9-11-24(33-3)12-10-23/h6,9-13,18,21-22,28H,4-5,7-8,14-17,19H2,1-3H3. The number of Topliss-reactive ketones (excluding diaryl/α,β-unsaturated/α-hetero) is 1. The maximum Gasteiger partial charge on any atom is 0.146 e. The van der Waals surface area contributed by atoms with E-state index in [0.29, 0.717) is 24.1 Å². The van der Waals surface area contributed by atoms with Crippen LogP contribution in [0.4, 0.5) is 10.1 Å². The molecular weight excluding hydrogens is 415 g/mol. The van der Waals surface area contributed by atoms with Gasteiger partial charge in [0.15, 0.2) is 0 Å². The van der Waals surface area contributed by atoms with Gasteiger partial charge in [-0.25, -0.2) is 4.39 Å². The van der Waals surface area contributed by atoms with Crippen LogP contribution in [0.5, 0.6) is 5.75 Å². The van der Waals surface area contributed by atoms with Crippen molar-refractivity contribution in [2.75, 3.05) is 38.2 Å². The maximum absolute atomic E-state index is 15.0. The fourth-order valence-corrected chi connectivity index (χ4v) is 5.24. The maximum atomic E-state index is 15.0. The van der Waals surface area contributed by atoms with E-state index in [1.54, 1.807) is 13.2 Å². The van der Waals surface area contributed by atoms with Gasteiger partial charge in [-0.1, -0.05) is 32.0 Å². The lowest BCUT2D eigenvalue weighted by Gasteiger charge is -2.40. The fraction of sp³-hybridized carbons (Fsp3) is 0.536. The Morgan fingerprint density at radius 3 is 2.24 bits per heavy atom. The van der Waals surface area contributed by atoms with E-state index in [9.17, 15) is 4.79 Å². The summed E-state index contributed by atoms with van der Waals surface area (Å²) in [7, 11) is 1.70. The van der Waals surface area contributed by atoms with E-state index < -0.39 is 0 Å². The topological polar surface area (TPSA) is 32.8 Å². The zero-order valence-electron chi connectivity index (χ0n) is 20.2. The molecule has 0 amide bonds. The van der Waals surface area contributed by atoms with Crippen LogP contribution in [0.15, 0.2) is 42.5 Å². The van der Waals surface area contributed by atoms with Crippen LogP contribution < -0.4 is 9.64 Å². The lowest BCUT2D eigenvalue weighted by Crippen LogP contribution is -2.48. The summed E-state index contributed by atoms with van der Waals surface area (Å²) in [5.41, 5.74) is 2.78. The molecule has 1 saturated heterocycles. The minimum absolute atomic E-state index is 0.0749. The number of benzene rings is 2. The number of carbonyl (C=O) groups is 1. The van der Waals surface area contributed by atoms with Crippen LogP contribution in [0.3, 0.4) is 0 Å². The Morgan fingerprint density at radius 2 is 1.70 bits per heavy atom. The smallest absolute Gasteiger partial charge is 0.146 e. The highest BCUT2D eigenvalue weighted by Gasteiger charge is 2.37. The van der Waals surface area contributed by atoms with Crippen molar-refractivity contribution in [3.8, 4) is 5.75 Å². The van der Waals surface area contributed by atoms with E-state index in [1.165, 1.54) is 18.4 Å². The Morgan fingerprint density at radius 1 is 1.03 bits per heavy atom. The Labute approximate surface area is 197 Å². The summed E-state index contributed by atoms with van der Waals surface area (Å²) in [6, 6.07) is 14.3. The highest BCUT2D eigenvalue weighted by atomic mass is 19.1. The minimum Gasteiger partial charge on any atom is -0.497 e. The molecule has 0 N–H and O–H groups in total. The predicted molar refractivity (Wildman–Crippen MR) is 131 cm³/mol. The first-order chi connectivity index (χ1) is 16.0. The minimum atomic E-state index is -0.216. The molecule has 4 rings (SSSR count). The Balaban J connectivity index is 1.39. The second-order valence-electron chi connectivity index (χ2n) is 9.52. The quantitative estimate of drug-likeness (QED) is 0.466. The van der Waals surface area contributed by atoms with Crippen molar-refractivity contribution in [1.82, 2.24) is 4.90 Å². The number of ether oxygens (including phenoxy) is 1. The highest BCUT2D eigenvalue weighted by Crippen LogP contribution is 2.45. The zero-order chi connectivity index (χ0) is 23.4. The fourth-order valence-electron chi connectivity index (χ4n) is 5.24. The van der Waals surface area contributed by atoms with E-state index in [2.05, 4.69) is 21.9 Å². The SMILES string of the molecule is CCC(CC)C(=O)Cc1ccc(N2CCN(C(c3ccc(OC)cc3)C3CC3)CC2)c(F)c1. The van der Waals surface area contributed by atoms with Crippen molar-refractivity contribution in [2.24, 2.45) is 11.8 Å². The second kappa shape index (κ2) is 10.7. The largest absolute Gasteiger partial charge is 0.497 e. The van der Waals surface area contributed by atoms with Gasteiger partial charge in [-0.2, -0.15) is 0 Å². The first kappa shape index (κ1) is 23.7. The van der Waals surface area contributed by atoms with Gasteiger partial charge in [0.1, 0.15) is 17.3 Å². The van der Waals surface area contributed by atoms with Gasteiger partial charge >= 0.3 is 0 Å². The molecule has 178 valence electrons. The van der Waals surface area contributed by atoms with E-state index in [1.807, 2.05) is 38.1 Å². The number of carbonyl (C=O) groups excluding carboxylic acids is 1. The summed E-state index contributed by atoms with van der Waals surface area (Å²) in [6.07, 6.45) is 4.57. The third-order valence-corrected chi connectivity index (χ3v) is 7.41. The normalized spacial score (nSPS) is 17.9. The molecule has 5 heteroatoms. The molecular formula is C28H37FN2O2. The molecule has 1 aliphatic carbocycles. The van der Waals surface area contributed by atoms with Crippen molar-refractivity contribution in [3.05, 3.63) is 59.4 Å². The lowest BCUT2D eigenvalue weighted by molar-refractivity contribution is -0.122. The van der Waals surface area contributed by atoms with Crippen LogP contribution in [0.2, 0.25) is 0 Å². The van der Waals surface area contributed by atoms with Gasteiger partial charge in [-0.15, -0.1) is 0 Å². The summed E-state index contributed by atoms with van der Waals surface area (Å²) in [4.78, 5) is 17.2. The molecule has 2 aliphatic rings. The van der Waals surface area contributed by atoms with Crippen molar-refractivity contribution >= 4 is 11.5 Å². The second-order valence-corrected chi connectivity index (χ2v) is 9.52. The molecule has 1 heterocycles. The van der Waals surface area contributed by atoms with Crippen molar-refractivity contribution in [3.63, 3.8) is 0 Å². The summed E-state index contributed by atoms with van der Waals surface area (Å²) in [5.74, 6) is 1.68. The molecule has 1 unspecified atom stereocenters. The molecule has 2 aromatic rings. The van der Waals surface area contributed by atoms with Crippen LogP contribution in [0, 0.1) is 17.7 Å². The number of anilines is 1.